The Kier molecular flexibility index (Phi) is 4.95. The molecule has 122 valence electrons. The maximum absolute atomic E-state index is 12.3. The fourth-order valence-electron chi connectivity index (χ4n) is 2.29. The summed E-state index contributed by atoms with van der Waals surface area (Å²) in [7, 11) is 1.52. The number of aryl methyl sites for hydroxylation is 2. The zero-order valence-electron chi connectivity index (χ0n) is 13.2. The molecule has 1 heterocycles. The molecule has 2 N–H and O–H groups in total. The smallest absolute Gasteiger partial charge is 0.322 e. The van der Waals surface area contributed by atoms with Crippen LogP contribution in [-0.2, 0) is 7.05 Å². The Labute approximate surface area is 133 Å². The maximum Gasteiger partial charge on any atom is 0.322 e. The lowest BCUT2D eigenvalue weighted by molar-refractivity contribution is -0.385. The maximum atomic E-state index is 12.3. The molecule has 0 spiro atoms. The highest BCUT2D eigenvalue weighted by molar-refractivity contribution is 5.97. The first kappa shape index (κ1) is 16.5. The van der Waals surface area contributed by atoms with E-state index in [1.807, 2.05) is 37.3 Å². The Balaban J connectivity index is 2.03. The summed E-state index contributed by atoms with van der Waals surface area (Å²) in [6, 6.07) is 9.37. The molecule has 23 heavy (non-hydrogen) atoms. The monoisotopic (exact) mass is 317 g/mol. The predicted molar refractivity (Wildman–Crippen MR) is 86.5 cm³/mol. The normalized spacial score (nSPS) is 11.8. The summed E-state index contributed by atoms with van der Waals surface area (Å²) in [6.45, 7) is 3.83. The van der Waals surface area contributed by atoms with E-state index < -0.39 is 10.8 Å². The highest BCUT2D eigenvalue weighted by Crippen LogP contribution is 2.22. The molecule has 8 nitrogen and oxygen atoms in total. The van der Waals surface area contributed by atoms with E-state index >= 15 is 0 Å². The van der Waals surface area contributed by atoms with Gasteiger partial charge in [-0.2, -0.15) is 5.10 Å². The van der Waals surface area contributed by atoms with Gasteiger partial charge in [-0.15, -0.1) is 0 Å². The van der Waals surface area contributed by atoms with Crippen LogP contribution in [0.3, 0.4) is 0 Å². The molecule has 2 aromatic rings. The molecule has 0 radical (unpaired) electrons. The molecule has 0 unspecified atom stereocenters. The van der Waals surface area contributed by atoms with Crippen molar-refractivity contribution in [2.24, 2.45) is 7.05 Å². The third-order valence-corrected chi connectivity index (χ3v) is 3.35. The van der Waals surface area contributed by atoms with Crippen molar-refractivity contribution in [3.05, 3.63) is 51.8 Å². The number of hydrogen-bond acceptors (Lipinski definition) is 5. The summed E-state index contributed by atoms with van der Waals surface area (Å²) < 4.78 is 1.24. The number of anilines is 1. The van der Waals surface area contributed by atoms with Gasteiger partial charge in [0.15, 0.2) is 0 Å². The lowest BCUT2D eigenvalue weighted by Crippen LogP contribution is -2.38. The molecular formula is C15H19N5O3. The second-order valence-electron chi connectivity index (χ2n) is 5.28. The van der Waals surface area contributed by atoms with Crippen molar-refractivity contribution in [3.8, 4) is 0 Å². The van der Waals surface area contributed by atoms with E-state index in [1.54, 1.807) is 0 Å². The topological polar surface area (TPSA) is 102 Å². The Hall–Kier alpha value is -2.90. The van der Waals surface area contributed by atoms with Gasteiger partial charge < -0.3 is 10.6 Å². The third-order valence-electron chi connectivity index (χ3n) is 3.35. The van der Waals surface area contributed by atoms with Crippen molar-refractivity contribution in [1.29, 1.82) is 0 Å². The van der Waals surface area contributed by atoms with Crippen LogP contribution in [0, 0.1) is 17.0 Å². The molecule has 0 saturated heterocycles. The molecule has 1 atom stereocenters. The third kappa shape index (κ3) is 3.85. The molecule has 2 rings (SSSR count). The van der Waals surface area contributed by atoms with E-state index in [0.29, 0.717) is 6.54 Å². The molecule has 0 saturated carbocycles. The number of para-hydroxylation sites is 1. The van der Waals surface area contributed by atoms with Crippen molar-refractivity contribution in [2.75, 3.05) is 11.9 Å². The average molecular weight is 317 g/mol. The van der Waals surface area contributed by atoms with E-state index in [0.717, 1.165) is 5.69 Å². The Morgan fingerprint density at radius 2 is 2.04 bits per heavy atom. The summed E-state index contributed by atoms with van der Waals surface area (Å²) in [5, 5.41) is 21.0. The number of amides is 1. The highest BCUT2D eigenvalue weighted by atomic mass is 16.6. The minimum atomic E-state index is -0.579. The second-order valence-corrected chi connectivity index (χ2v) is 5.28. The number of carbonyl (C=O) groups excluding carboxylic acids is 1. The van der Waals surface area contributed by atoms with Gasteiger partial charge in [-0.25, -0.2) is 0 Å². The minimum Gasteiger partial charge on any atom is -0.383 e. The number of nitrogens with zero attached hydrogens (tertiary/aromatic N) is 3. The lowest BCUT2D eigenvalue weighted by Gasteiger charge is -2.15. The molecular weight excluding hydrogens is 298 g/mol. The van der Waals surface area contributed by atoms with E-state index in [4.69, 9.17) is 0 Å². The van der Waals surface area contributed by atoms with Gasteiger partial charge in [0, 0.05) is 25.3 Å². The molecule has 1 aromatic heterocycles. The van der Waals surface area contributed by atoms with Gasteiger partial charge in [-0.3, -0.25) is 19.6 Å². The van der Waals surface area contributed by atoms with Crippen molar-refractivity contribution in [1.82, 2.24) is 15.1 Å². The number of benzene rings is 1. The first-order chi connectivity index (χ1) is 10.9. The number of hydrogen-bond donors (Lipinski definition) is 2. The minimum absolute atomic E-state index is 0.0425. The number of nitro groups is 1. The number of carbonyl (C=O) groups is 1. The van der Waals surface area contributed by atoms with E-state index in [9.17, 15) is 14.9 Å². The number of nitrogens with one attached hydrogen (secondary N) is 2. The molecule has 0 fully saturated rings. The quantitative estimate of drug-likeness (QED) is 0.625. The molecule has 8 heteroatoms. The van der Waals surface area contributed by atoms with Crippen LogP contribution in [0.25, 0.3) is 0 Å². The Bertz CT molecular complexity index is 711. The molecule has 0 aliphatic heterocycles. The number of rotatable bonds is 6. The van der Waals surface area contributed by atoms with Crippen LogP contribution in [0.4, 0.5) is 11.4 Å². The van der Waals surface area contributed by atoms with Gasteiger partial charge in [-0.05, 0) is 26.0 Å². The molecule has 0 aliphatic rings. The van der Waals surface area contributed by atoms with Gasteiger partial charge in [0.1, 0.15) is 5.69 Å². The summed E-state index contributed by atoms with van der Waals surface area (Å²) in [6.07, 6.45) is 0. The van der Waals surface area contributed by atoms with Crippen LogP contribution in [0.2, 0.25) is 0 Å². The van der Waals surface area contributed by atoms with Crippen molar-refractivity contribution in [3.63, 3.8) is 0 Å². The second kappa shape index (κ2) is 6.91. The first-order valence-electron chi connectivity index (χ1n) is 7.18. The molecule has 0 aliphatic carbocycles. The fourth-order valence-corrected chi connectivity index (χ4v) is 2.29. The summed E-state index contributed by atoms with van der Waals surface area (Å²) >= 11 is 0. The van der Waals surface area contributed by atoms with Gasteiger partial charge in [-0.1, -0.05) is 18.2 Å². The van der Waals surface area contributed by atoms with Gasteiger partial charge in [0.05, 0.1) is 4.92 Å². The molecule has 1 amide bonds. The van der Waals surface area contributed by atoms with Gasteiger partial charge >= 0.3 is 5.69 Å². The van der Waals surface area contributed by atoms with Crippen LogP contribution >= 0.6 is 0 Å². The van der Waals surface area contributed by atoms with Crippen LogP contribution in [0.15, 0.2) is 30.3 Å². The Morgan fingerprint density at radius 1 is 1.39 bits per heavy atom. The molecule has 1 aromatic carbocycles. The zero-order chi connectivity index (χ0) is 17.0. The summed E-state index contributed by atoms with van der Waals surface area (Å²) in [5.74, 6) is -0.512. The van der Waals surface area contributed by atoms with E-state index in [2.05, 4.69) is 15.7 Å². The zero-order valence-corrected chi connectivity index (χ0v) is 13.2. The predicted octanol–water partition coefficient (Wildman–Crippen LogP) is 1.87. The van der Waals surface area contributed by atoms with E-state index in [1.165, 1.54) is 18.7 Å². The van der Waals surface area contributed by atoms with Crippen LogP contribution < -0.4 is 10.6 Å². The summed E-state index contributed by atoms with van der Waals surface area (Å²) in [4.78, 5) is 22.9. The van der Waals surface area contributed by atoms with Crippen LogP contribution in [0.1, 0.15) is 23.1 Å². The lowest BCUT2D eigenvalue weighted by atomic mass is 10.2. The fraction of sp³-hybridized carbons (Fsp3) is 0.333. The summed E-state index contributed by atoms with van der Waals surface area (Å²) in [5.41, 5.74) is 0.862. The van der Waals surface area contributed by atoms with Gasteiger partial charge in [0.25, 0.3) is 5.91 Å². The van der Waals surface area contributed by atoms with Crippen LogP contribution in [-0.4, -0.2) is 33.2 Å². The van der Waals surface area contributed by atoms with Crippen molar-refractivity contribution in [2.45, 2.75) is 19.9 Å². The van der Waals surface area contributed by atoms with Gasteiger partial charge in [0.2, 0.25) is 5.69 Å². The molecule has 0 bridgehead atoms. The van der Waals surface area contributed by atoms with Crippen molar-refractivity contribution < 1.29 is 9.72 Å². The standard InChI is InChI=1S/C15H19N5O3/c1-10(9-16-12-7-5-4-6-8-12)17-15(21)14-13(20(22)23)11(2)18-19(14)3/h4-8,10,16H,9H2,1-3H3,(H,17,21)/t10-/m1/s1. The largest absolute Gasteiger partial charge is 0.383 e. The SMILES string of the molecule is Cc1nn(C)c(C(=O)N[C@H](C)CNc2ccccc2)c1[N+](=O)[O-]. The Morgan fingerprint density at radius 3 is 2.65 bits per heavy atom. The van der Waals surface area contributed by atoms with Crippen LogP contribution in [0.5, 0.6) is 0 Å². The average Bonchev–Trinajstić information content (AvgIpc) is 2.81. The highest BCUT2D eigenvalue weighted by Gasteiger charge is 2.29. The van der Waals surface area contributed by atoms with Crippen molar-refractivity contribution >= 4 is 17.3 Å². The first-order valence-corrected chi connectivity index (χ1v) is 7.18. The van der Waals surface area contributed by atoms with E-state index in [-0.39, 0.29) is 23.1 Å². The number of aromatic nitrogens is 2.